The number of nitrogens with zero attached hydrogens (tertiary/aromatic N) is 1. The first kappa shape index (κ1) is 22.3. The maximum Gasteiger partial charge on any atom is 0.225 e. The third-order valence-corrected chi connectivity index (χ3v) is 5.71. The molecule has 2 aromatic rings. The van der Waals surface area contributed by atoms with Crippen molar-refractivity contribution >= 4 is 21.5 Å². The largest absolute Gasteiger partial charge is 0.744 e. The number of aryl methyl sites for hydroxylation is 2. The number of rotatable bonds is 7. The molecule has 0 spiro atoms. The summed E-state index contributed by atoms with van der Waals surface area (Å²) in [5.41, 5.74) is 4.46. The standard InChI is InChI=1S/C12H18NOS.C7H8O3S/c1-4-5-6-8-13-10-15-12(11(13)2)7-9-14-3;1-6-2-4-7(5-3-6)11(8,9)10/h1,10H,5-9H2,2-3H3;2-5H,1H3,(H,8,9,10)/q+1;/p-1. The molecule has 26 heavy (non-hydrogen) atoms. The molecule has 0 amide bonds. The molecule has 7 heteroatoms. The van der Waals surface area contributed by atoms with Crippen LogP contribution in [0.2, 0.25) is 0 Å². The number of terminal acetylenes is 1. The predicted molar refractivity (Wildman–Crippen MR) is 102 cm³/mol. The Morgan fingerprint density at radius 2 is 1.92 bits per heavy atom. The fourth-order valence-electron chi connectivity index (χ4n) is 2.16. The van der Waals surface area contributed by atoms with Crippen LogP contribution in [-0.4, -0.2) is 26.7 Å². The highest BCUT2D eigenvalue weighted by molar-refractivity contribution is 7.85. The van der Waals surface area contributed by atoms with Crippen LogP contribution in [0.25, 0.3) is 0 Å². The second-order valence-corrected chi connectivity index (χ2v) is 8.06. The molecule has 1 heterocycles. The summed E-state index contributed by atoms with van der Waals surface area (Å²) < 4.78 is 38.5. The van der Waals surface area contributed by atoms with E-state index in [2.05, 4.69) is 22.9 Å². The second-order valence-electron chi connectivity index (χ2n) is 5.74. The highest BCUT2D eigenvalue weighted by Gasteiger charge is 2.13. The van der Waals surface area contributed by atoms with Crippen molar-refractivity contribution in [1.82, 2.24) is 0 Å². The van der Waals surface area contributed by atoms with E-state index in [0.29, 0.717) is 0 Å². The minimum atomic E-state index is -4.27. The quantitative estimate of drug-likeness (QED) is 0.313. The van der Waals surface area contributed by atoms with Crippen molar-refractivity contribution in [2.45, 2.75) is 44.6 Å². The molecule has 0 N–H and O–H groups in total. The fraction of sp³-hybridized carbons (Fsp3) is 0.421. The van der Waals surface area contributed by atoms with E-state index in [1.807, 2.05) is 6.92 Å². The third-order valence-electron chi connectivity index (χ3n) is 3.72. The number of benzene rings is 1. The van der Waals surface area contributed by atoms with E-state index in [0.717, 1.165) is 38.0 Å². The van der Waals surface area contributed by atoms with Crippen LogP contribution >= 0.6 is 11.3 Å². The van der Waals surface area contributed by atoms with Gasteiger partial charge in [-0.2, -0.15) is 4.57 Å². The van der Waals surface area contributed by atoms with Crippen LogP contribution in [0.3, 0.4) is 0 Å². The smallest absolute Gasteiger partial charge is 0.225 e. The van der Waals surface area contributed by atoms with Crippen molar-refractivity contribution in [2.75, 3.05) is 13.7 Å². The van der Waals surface area contributed by atoms with Crippen molar-refractivity contribution in [3.05, 3.63) is 45.9 Å². The van der Waals surface area contributed by atoms with Crippen LogP contribution in [0.1, 0.15) is 29.0 Å². The zero-order valence-corrected chi connectivity index (χ0v) is 17.0. The summed E-state index contributed by atoms with van der Waals surface area (Å²) in [5, 5.41) is 0. The number of hydrogen-bond acceptors (Lipinski definition) is 5. The van der Waals surface area contributed by atoms with E-state index in [1.54, 1.807) is 30.6 Å². The molecule has 0 aliphatic heterocycles. The van der Waals surface area contributed by atoms with Gasteiger partial charge in [-0.05, 0) is 19.1 Å². The number of thiazole rings is 1. The zero-order valence-electron chi connectivity index (χ0n) is 15.4. The summed E-state index contributed by atoms with van der Waals surface area (Å²) >= 11 is 1.81. The Morgan fingerprint density at radius 3 is 2.46 bits per heavy atom. The van der Waals surface area contributed by atoms with Gasteiger partial charge in [0.1, 0.15) is 16.7 Å². The molecule has 0 unspecified atom stereocenters. The highest BCUT2D eigenvalue weighted by atomic mass is 32.2. The lowest BCUT2D eigenvalue weighted by atomic mass is 10.2. The normalized spacial score (nSPS) is 10.7. The van der Waals surface area contributed by atoms with Gasteiger partial charge >= 0.3 is 0 Å². The van der Waals surface area contributed by atoms with Crippen LogP contribution in [0.4, 0.5) is 0 Å². The van der Waals surface area contributed by atoms with Gasteiger partial charge in [-0.15, -0.1) is 12.3 Å². The van der Waals surface area contributed by atoms with Gasteiger partial charge in [-0.1, -0.05) is 29.0 Å². The molecule has 0 saturated heterocycles. The van der Waals surface area contributed by atoms with Crippen molar-refractivity contribution < 1.29 is 22.3 Å². The minimum absolute atomic E-state index is 0.178. The van der Waals surface area contributed by atoms with Gasteiger partial charge in [0.25, 0.3) is 0 Å². The predicted octanol–water partition coefficient (Wildman–Crippen LogP) is 2.85. The molecule has 1 aromatic carbocycles. The molecule has 1 aromatic heterocycles. The average molecular weight is 396 g/mol. The van der Waals surface area contributed by atoms with E-state index < -0.39 is 10.1 Å². The highest BCUT2D eigenvalue weighted by Crippen LogP contribution is 2.12. The first-order valence-corrected chi connectivity index (χ1v) is 10.5. The monoisotopic (exact) mass is 395 g/mol. The number of unbranched alkanes of at least 4 members (excludes halogenated alkanes) is 1. The SMILES string of the molecule is C#CCCC[n+]1csc(CCOC)c1C.Cc1ccc(S(=O)(=O)[O-])cc1. The summed E-state index contributed by atoms with van der Waals surface area (Å²) in [6, 6.07) is 5.78. The maximum atomic E-state index is 10.4. The van der Waals surface area contributed by atoms with Crippen LogP contribution in [0.5, 0.6) is 0 Å². The molecule has 0 atom stereocenters. The van der Waals surface area contributed by atoms with Crippen LogP contribution in [-0.2, 0) is 27.8 Å². The molecule has 0 saturated carbocycles. The minimum Gasteiger partial charge on any atom is -0.744 e. The molecule has 0 aliphatic rings. The Kier molecular flexibility index (Phi) is 9.52. The van der Waals surface area contributed by atoms with Crippen LogP contribution in [0, 0.1) is 26.2 Å². The summed E-state index contributed by atoms with van der Waals surface area (Å²) in [6.45, 7) is 5.81. The molecule has 0 fully saturated rings. The van der Waals surface area contributed by atoms with Crippen molar-refractivity contribution in [3.8, 4) is 12.3 Å². The van der Waals surface area contributed by atoms with Crippen molar-refractivity contribution in [3.63, 3.8) is 0 Å². The number of ether oxygens (including phenoxy) is 1. The van der Waals surface area contributed by atoms with E-state index in [4.69, 9.17) is 11.2 Å². The molecular weight excluding hydrogens is 370 g/mol. The average Bonchev–Trinajstić information content (AvgIpc) is 2.94. The third kappa shape index (κ3) is 7.67. The molecular formula is C19H25NO4S2. The number of methoxy groups -OCH3 is 1. The lowest BCUT2D eigenvalue weighted by Gasteiger charge is -2.05. The molecule has 0 radical (unpaired) electrons. The fourth-order valence-corrected chi connectivity index (χ4v) is 3.64. The lowest BCUT2D eigenvalue weighted by molar-refractivity contribution is -0.698. The van der Waals surface area contributed by atoms with Crippen LogP contribution < -0.4 is 4.57 Å². The summed E-state index contributed by atoms with van der Waals surface area (Å²) in [4.78, 5) is 1.24. The molecule has 5 nitrogen and oxygen atoms in total. The topological polar surface area (TPSA) is 70.3 Å². The lowest BCUT2D eigenvalue weighted by Crippen LogP contribution is -2.34. The Bertz CT molecular complexity index is 818. The van der Waals surface area contributed by atoms with Gasteiger partial charge in [0, 0.05) is 33.3 Å². The van der Waals surface area contributed by atoms with Gasteiger partial charge in [-0.25, -0.2) is 8.42 Å². The Hall–Kier alpha value is -1.72. The molecule has 142 valence electrons. The van der Waals surface area contributed by atoms with Gasteiger partial charge in [0.05, 0.1) is 16.4 Å². The second kappa shape index (κ2) is 11.1. The van der Waals surface area contributed by atoms with Gasteiger partial charge in [0.15, 0.2) is 5.69 Å². The molecule has 0 bridgehead atoms. The van der Waals surface area contributed by atoms with Crippen LogP contribution in [0.15, 0.2) is 34.7 Å². The van der Waals surface area contributed by atoms with E-state index in [1.165, 1.54) is 22.7 Å². The number of aromatic nitrogens is 1. The van der Waals surface area contributed by atoms with Gasteiger partial charge < -0.3 is 9.29 Å². The summed E-state index contributed by atoms with van der Waals surface area (Å²) in [7, 11) is -2.53. The van der Waals surface area contributed by atoms with Crippen molar-refractivity contribution in [1.29, 1.82) is 0 Å². The number of hydrogen-bond donors (Lipinski definition) is 0. The Morgan fingerprint density at radius 1 is 1.27 bits per heavy atom. The maximum absolute atomic E-state index is 10.4. The summed E-state index contributed by atoms with van der Waals surface area (Å²) in [6.07, 6.45) is 8.15. The zero-order chi connectivity index (χ0) is 19.6. The van der Waals surface area contributed by atoms with Crippen molar-refractivity contribution in [2.24, 2.45) is 0 Å². The molecule has 0 aliphatic carbocycles. The first-order valence-electron chi connectivity index (χ1n) is 8.21. The molecule has 2 rings (SSSR count). The van der Waals surface area contributed by atoms with E-state index in [-0.39, 0.29) is 4.90 Å². The van der Waals surface area contributed by atoms with E-state index >= 15 is 0 Å². The van der Waals surface area contributed by atoms with Gasteiger partial charge in [-0.3, -0.25) is 0 Å². The Balaban J connectivity index is 0.000000273. The Labute approximate surface area is 160 Å². The van der Waals surface area contributed by atoms with E-state index in [9.17, 15) is 13.0 Å². The first-order chi connectivity index (χ1) is 12.3. The van der Waals surface area contributed by atoms with Gasteiger partial charge in [0.2, 0.25) is 5.51 Å². The summed E-state index contributed by atoms with van der Waals surface area (Å²) in [5.74, 6) is 2.67.